The van der Waals surface area contributed by atoms with E-state index in [2.05, 4.69) is 46.6 Å². The number of anilines is 1. The normalized spacial score (nSPS) is 12.3. The third-order valence-electron chi connectivity index (χ3n) is 5.04. The predicted molar refractivity (Wildman–Crippen MR) is 123 cm³/mol. The molecule has 2 aromatic carbocycles. The summed E-state index contributed by atoms with van der Waals surface area (Å²) < 4.78 is 0. The van der Waals surface area contributed by atoms with E-state index < -0.39 is 0 Å². The number of rotatable bonds is 6. The second-order valence-electron chi connectivity index (χ2n) is 7.40. The first-order valence-electron chi connectivity index (χ1n) is 10.2. The number of amides is 1. The number of pyridine rings is 1. The summed E-state index contributed by atoms with van der Waals surface area (Å²) >= 11 is 0. The van der Waals surface area contributed by atoms with Crippen LogP contribution >= 0.6 is 0 Å². The van der Waals surface area contributed by atoms with E-state index in [1.165, 1.54) is 5.56 Å². The Hall–Kier alpha value is -3.47. The van der Waals surface area contributed by atoms with Gasteiger partial charge in [0.15, 0.2) is 0 Å². The fourth-order valence-electron chi connectivity index (χ4n) is 3.00. The van der Waals surface area contributed by atoms with Crippen molar-refractivity contribution in [1.82, 2.24) is 10.3 Å². The van der Waals surface area contributed by atoms with E-state index in [1.54, 1.807) is 18.5 Å². The van der Waals surface area contributed by atoms with Crippen LogP contribution < -0.4 is 10.6 Å². The lowest BCUT2D eigenvalue weighted by atomic mass is 9.99. The molecule has 0 aliphatic heterocycles. The lowest BCUT2D eigenvalue weighted by Gasteiger charge is -2.14. The van der Waals surface area contributed by atoms with E-state index in [9.17, 15) is 4.79 Å². The molecule has 0 spiro atoms. The highest BCUT2D eigenvalue weighted by Crippen LogP contribution is 2.20. The highest BCUT2D eigenvalue weighted by molar-refractivity contribution is 6.10. The van der Waals surface area contributed by atoms with Crippen molar-refractivity contribution in [3.8, 4) is 0 Å². The van der Waals surface area contributed by atoms with Crippen molar-refractivity contribution < 1.29 is 4.79 Å². The number of nitrogens with zero attached hydrogens (tertiary/aromatic N) is 2. The molecule has 154 valence electrons. The van der Waals surface area contributed by atoms with Gasteiger partial charge in [0.05, 0.1) is 6.54 Å². The summed E-state index contributed by atoms with van der Waals surface area (Å²) in [6, 6.07) is 19.6. The van der Waals surface area contributed by atoms with Gasteiger partial charge in [-0.2, -0.15) is 0 Å². The minimum absolute atomic E-state index is 0.198. The number of aryl methyl sites for hydroxylation is 1. The van der Waals surface area contributed by atoms with E-state index in [1.807, 2.05) is 49.4 Å². The molecule has 3 rings (SSSR count). The lowest BCUT2D eigenvalue weighted by molar-refractivity contribution is 0.0977. The Labute approximate surface area is 178 Å². The number of nitrogens with one attached hydrogen (secondary N) is 2. The maximum Gasteiger partial charge on any atom is 0.257 e. The van der Waals surface area contributed by atoms with Crippen molar-refractivity contribution in [2.75, 3.05) is 5.32 Å². The molecule has 3 aromatic rings. The number of carbonyl (C=O) groups is 1. The molecule has 0 fully saturated rings. The summed E-state index contributed by atoms with van der Waals surface area (Å²) in [5, 5.41) is 6.16. The van der Waals surface area contributed by atoms with Gasteiger partial charge in [-0.15, -0.1) is 0 Å². The lowest BCUT2D eigenvalue weighted by Crippen LogP contribution is -2.36. The van der Waals surface area contributed by atoms with Crippen molar-refractivity contribution in [2.24, 2.45) is 4.99 Å². The fraction of sp³-hybridized carbons (Fsp3) is 0.240. The molecule has 0 aliphatic carbocycles. The average Bonchev–Trinajstić information content (AvgIpc) is 2.78. The van der Waals surface area contributed by atoms with Gasteiger partial charge in [0.2, 0.25) is 5.96 Å². The Bertz CT molecular complexity index is 997. The Morgan fingerprint density at radius 3 is 2.47 bits per heavy atom. The Balaban J connectivity index is 1.79. The third kappa shape index (κ3) is 6.01. The van der Waals surface area contributed by atoms with Crippen LogP contribution in [-0.4, -0.2) is 16.9 Å². The maximum absolute atomic E-state index is 12.7. The van der Waals surface area contributed by atoms with Crippen LogP contribution in [0.2, 0.25) is 0 Å². The maximum atomic E-state index is 12.7. The van der Waals surface area contributed by atoms with Crippen LogP contribution in [-0.2, 0) is 6.54 Å². The largest absolute Gasteiger partial charge is 0.326 e. The number of hydrogen-bond donors (Lipinski definition) is 2. The number of aliphatic imine (C=N–C) groups is 1. The zero-order valence-corrected chi connectivity index (χ0v) is 17.7. The number of benzene rings is 2. The molecule has 0 saturated heterocycles. The van der Waals surface area contributed by atoms with Gasteiger partial charge in [0.1, 0.15) is 0 Å². The Kier molecular flexibility index (Phi) is 7.33. The van der Waals surface area contributed by atoms with Crippen LogP contribution in [0.15, 0.2) is 78.0 Å². The molecule has 0 saturated carbocycles. The molecule has 30 heavy (non-hydrogen) atoms. The smallest absolute Gasteiger partial charge is 0.257 e. The molecule has 5 nitrogen and oxygen atoms in total. The molecule has 0 bridgehead atoms. The summed E-state index contributed by atoms with van der Waals surface area (Å²) in [6.07, 6.45) is 4.56. The summed E-state index contributed by atoms with van der Waals surface area (Å²) in [5.74, 6) is 0.727. The Morgan fingerprint density at radius 1 is 1.07 bits per heavy atom. The van der Waals surface area contributed by atoms with Gasteiger partial charge in [-0.25, -0.2) is 4.99 Å². The summed E-state index contributed by atoms with van der Waals surface area (Å²) in [7, 11) is 0. The van der Waals surface area contributed by atoms with Crippen LogP contribution in [0.1, 0.15) is 53.2 Å². The van der Waals surface area contributed by atoms with Gasteiger partial charge in [-0.3, -0.25) is 15.1 Å². The van der Waals surface area contributed by atoms with Crippen LogP contribution in [0.25, 0.3) is 0 Å². The molecule has 0 radical (unpaired) electrons. The molecule has 1 aromatic heterocycles. The standard InChI is InChI=1S/C25H28N4O/c1-4-19(3)21-8-10-23(11-9-21)28-25(27-17-20-12-14-26-15-13-20)29-24(30)22-7-5-6-18(2)16-22/h5-16,19H,4,17H2,1-3H3,(H2,27,28,29,30)/t19-/m0/s1. The monoisotopic (exact) mass is 400 g/mol. The molecular formula is C25H28N4O. The average molecular weight is 401 g/mol. The van der Waals surface area contributed by atoms with Crippen LogP contribution in [0.5, 0.6) is 0 Å². The third-order valence-corrected chi connectivity index (χ3v) is 5.04. The quantitative estimate of drug-likeness (QED) is 0.436. The fourth-order valence-corrected chi connectivity index (χ4v) is 3.00. The number of carbonyl (C=O) groups excluding carboxylic acids is 1. The highest BCUT2D eigenvalue weighted by Gasteiger charge is 2.10. The first kappa shape index (κ1) is 21.2. The van der Waals surface area contributed by atoms with Crippen LogP contribution in [0.4, 0.5) is 5.69 Å². The van der Waals surface area contributed by atoms with Gasteiger partial charge in [-0.05, 0) is 66.8 Å². The van der Waals surface area contributed by atoms with Crippen molar-refractivity contribution in [3.05, 3.63) is 95.3 Å². The summed E-state index contributed by atoms with van der Waals surface area (Å²) in [6.45, 7) is 6.80. The first-order chi connectivity index (χ1) is 14.5. The first-order valence-corrected chi connectivity index (χ1v) is 10.2. The molecule has 1 amide bonds. The predicted octanol–water partition coefficient (Wildman–Crippen LogP) is 5.30. The van der Waals surface area contributed by atoms with Crippen molar-refractivity contribution in [3.63, 3.8) is 0 Å². The molecule has 1 heterocycles. The molecule has 5 heteroatoms. The van der Waals surface area contributed by atoms with Crippen molar-refractivity contribution in [2.45, 2.75) is 39.7 Å². The second-order valence-corrected chi connectivity index (χ2v) is 7.40. The number of hydrogen-bond acceptors (Lipinski definition) is 3. The zero-order chi connectivity index (χ0) is 21.3. The van der Waals surface area contributed by atoms with Gasteiger partial charge < -0.3 is 5.32 Å². The Morgan fingerprint density at radius 2 is 1.80 bits per heavy atom. The number of aromatic nitrogens is 1. The van der Waals surface area contributed by atoms with E-state index in [0.717, 1.165) is 23.2 Å². The van der Waals surface area contributed by atoms with Gasteiger partial charge in [-0.1, -0.05) is 43.7 Å². The minimum atomic E-state index is -0.198. The molecule has 1 atom stereocenters. The van der Waals surface area contributed by atoms with Crippen LogP contribution in [0.3, 0.4) is 0 Å². The van der Waals surface area contributed by atoms with E-state index in [4.69, 9.17) is 0 Å². The van der Waals surface area contributed by atoms with E-state index >= 15 is 0 Å². The molecule has 2 N–H and O–H groups in total. The van der Waals surface area contributed by atoms with Gasteiger partial charge in [0.25, 0.3) is 5.91 Å². The second kappa shape index (κ2) is 10.3. The van der Waals surface area contributed by atoms with Crippen LogP contribution in [0, 0.1) is 6.92 Å². The van der Waals surface area contributed by atoms with Crippen molar-refractivity contribution >= 4 is 17.6 Å². The van der Waals surface area contributed by atoms with E-state index in [-0.39, 0.29) is 5.91 Å². The topological polar surface area (TPSA) is 66.4 Å². The zero-order valence-electron chi connectivity index (χ0n) is 17.7. The summed E-state index contributed by atoms with van der Waals surface area (Å²) in [5.41, 5.74) is 4.82. The highest BCUT2D eigenvalue weighted by atomic mass is 16.1. The summed E-state index contributed by atoms with van der Waals surface area (Å²) in [4.78, 5) is 21.4. The number of guanidine groups is 1. The van der Waals surface area contributed by atoms with E-state index in [0.29, 0.717) is 24.0 Å². The molecule has 0 aliphatic rings. The molecular weight excluding hydrogens is 372 g/mol. The SMILES string of the molecule is CC[C@H](C)c1ccc(NC(=NCc2ccncc2)NC(=O)c2cccc(C)c2)cc1. The minimum Gasteiger partial charge on any atom is -0.326 e. The van der Waals surface area contributed by atoms with Gasteiger partial charge >= 0.3 is 0 Å². The molecule has 0 unspecified atom stereocenters. The van der Waals surface area contributed by atoms with Crippen molar-refractivity contribution in [1.29, 1.82) is 0 Å². The van der Waals surface area contributed by atoms with Gasteiger partial charge in [0, 0.05) is 23.6 Å².